The molecule has 0 aliphatic heterocycles. The maximum absolute atomic E-state index is 12.2. The van der Waals surface area contributed by atoms with Crippen LogP contribution < -0.4 is 11.1 Å². The van der Waals surface area contributed by atoms with Crippen molar-refractivity contribution in [3.63, 3.8) is 0 Å². The Hall–Kier alpha value is -3.68. The standard InChI is InChI=1S/C20H20N4O4/c1-4-27-20(26)16-11(2)28-19(17(16)18(21)25)24-15-10-14(22-12(3)23-15)13-8-6-5-7-9-13/h5-10H,4H2,1-3H3,(H2,21,25)(H,22,23,24). The molecule has 3 aromatic rings. The third kappa shape index (κ3) is 3.85. The second-order valence-corrected chi connectivity index (χ2v) is 6.00. The van der Waals surface area contributed by atoms with Crippen molar-refractivity contribution in [3.8, 4) is 11.3 Å². The number of amides is 1. The number of esters is 1. The number of primary amides is 1. The summed E-state index contributed by atoms with van der Waals surface area (Å²) < 4.78 is 10.6. The lowest BCUT2D eigenvalue weighted by atomic mass is 10.1. The smallest absolute Gasteiger partial charge is 0.342 e. The van der Waals surface area contributed by atoms with Crippen LogP contribution in [0.5, 0.6) is 0 Å². The molecule has 0 bridgehead atoms. The van der Waals surface area contributed by atoms with E-state index in [1.807, 2.05) is 30.3 Å². The van der Waals surface area contributed by atoms with Crippen LogP contribution in [0.1, 0.15) is 39.2 Å². The molecule has 0 saturated carbocycles. The molecule has 0 aliphatic rings. The lowest BCUT2D eigenvalue weighted by Crippen LogP contribution is -2.18. The van der Waals surface area contributed by atoms with E-state index in [1.54, 1.807) is 26.8 Å². The Morgan fingerprint density at radius 2 is 1.86 bits per heavy atom. The number of anilines is 2. The summed E-state index contributed by atoms with van der Waals surface area (Å²) in [5, 5.41) is 2.94. The van der Waals surface area contributed by atoms with Crippen molar-refractivity contribution in [2.45, 2.75) is 20.8 Å². The number of benzene rings is 1. The van der Waals surface area contributed by atoms with Crippen LogP contribution in [-0.4, -0.2) is 28.5 Å². The zero-order valence-corrected chi connectivity index (χ0v) is 15.8. The first-order valence-electron chi connectivity index (χ1n) is 8.69. The van der Waals surface area contributed by atoms with Gasteiger partial charge in [0.15, 0.2) is 0 Å². The zero-order chi connectivity index (χ0) is 20.3. The zero-order valence-electron chi connectivity index (χ0n) is 15.8. The molecule has 0 spiro atoms. The molecular formula is C20H20N4O4. The Labute approximate surface area is 161 Å². The molecule has 0 atom stereocenters. The molecule has 28 heavy (non-hydrogen) atoms. The molecule has 2 aromatic heterocycles. The highest BCUT2D eigenvalue weighted by atomic mass is 16.5. The molecule has 0 unspecified atom stereocenters. The van der Waals surface area contributed by atoms with Gasteiger partial charge >= 0.3 is 5.97 Å². The summed E-state index contributed by atoms with van der Waals surface area (Å²) >= 11 is 0. The Balaban J connectivity index is 2.03. The van der Waals surface area contributed by atoms with Crippen LogP contribution in [0.2, 0.25) is 0 Å². The number of aromatic nitrogens is 2. The molecule has 3 rings (SSSR count). The van der Waals surface area contributed by atoms with Gasteiger partial charge in [0.25, 0.3) is 5.91 Å². The van der Waals surface area contributed by atoms with Gasteiger partial charge in [0.05, 0.1) is 12.3 Å². The molecular weight excluding hydrogens is 360 g/mol. The molecule has 8 nitrogen and oxygen atoms in total. The molecule has 0 saturated heterocycles. The van der Waals surface area contributed by atoms with Gasteiger partial charge in [0, 0.05) is 11.6 Å². The first-order valence-corrected chi connectivity index (χ1v) is 8.69. The number of ether oxygens (including phenoxy) is 1. The Morgan fingerprint density at radius 3 is 2.50 bits per heavy atom. The summed E-state index contributed by atoms with van der Waals surface area (Å²) in [7, 11) is 0. The molecule has 0 fully saturated rings. The van der Waals surface area contributed by atoms with Gasteiger partial charge in [-0.25, -0.2) is 14.8 Å². The van der Waals surface area contributed by atoms with E-state index in [2.05, 4.69) is 15.3 Å². The van der Waals surface area contributed by atoms with Gasteiger partial charge in [-0.2, -0.15) is 0 Å². The third-order valence-electron chi connectivity index (χ3n) is 3.96. The van der Waals surface area contributed by atoms with Crippen LogP contribution in [0, 0.1) is 13.8 Å². The van der Waals surface area contributed by atoms with Gasteiger partial charge < -0.3 is 20.2 Å². The molecule has 1 amide bonds. The van der Waals surface area contributed by atoms with Crippen molar-refractivity contribution >= 4 is 23.6 Å². The van der Waals surface area contributed by atoms with Crippen LogP contribution in [-0.2, 0) is 4.74 Å². The number of carbonyl (C=O) groups is 2. The van der Waals surface area contributed by atoms with Crippen LogP contribution in [0.4, 0.5) is 11.7 Å². The van der Waals surface area contributed by atoms with Crippen LogP contribution >= 0.6 is 0 Å². The maximum atomic E-state index is 12.2. The minimum absolute atomic E-state index is 0.00547. The minimum Gasteiger partial charge on any atom is -0.462 e. The topological polar surface area (TPSA) is 120 Å². The molecule has 144 valence electrons. The second kappa shape index (κ2) is 7.91. The monoisotopic (exact) mass is 380 g/mol. The first kappa shape index (κ1) is 19.1. The normalized spacial score (nSPS) is 10.5. The van der Waals surface area contributed by atoms with E-state index < -0.39 is 11.9 Å². The number of rotatable bonds is 6. The van der Waals surface area contributed by atoms with Gasteiger partial charge in [-0.1, -0.05) is 30.3 Å². The summed E-state index contributed by atoms with van der Waals surface area (Å²) in [4.78, 5) is 33.0. The van der Waals surface area contributed by atoms with E-state index in [4.69, 9.17) is 14.9 Å². The van der Waals surface area contributed by atoms with Gasteiger partial charge in [0.2, 0.25) is 5.88 Å². The fraction of sp³-hybridized carbons (Fsp3) is 0.200. The van der Waals surface area contributed by atoms with Gasteiger partial charge in [-0.15, -0.1) is 0 Å². The number of furan rings is 1. The van der Waals surface area contributed by atoms with Crippen molar-refractivity contribution in [2.24, 2.45) is 5.73 Å². The number of hydrogen-bond acceptors (Lipinski definition) is 7. The highest BCUT2D eigenvalue weighted by Crippen LogP contribution is 2.30. The Bertz CT molecular complexity index is 1030. The summed E-state index contributed by atoms with van der Waals surface area (Å²) in [5.74, 6) is -0.295. The van der Waals surface area contributed by atoms with Crippen LogP contribution in [0.15, 0.2) is 40.8 Å². The van der Waals surface area contributed by atoms with Gasteiger partial charge in [-0.3, -0.25) is 4.79 Å². The van der Waals surface area contributed by atoms with E-state index in [9.17, 15) is 9.59 Å². The van der Waals surface area contributed by atoms with Crippen molar-refractivity contribution < 1.29 is 18.7 Å². The lowest BCUT2D eigenvalue weighted by Gasteiger charge is -2.08. The van der Waals surface area contributed by atoms with E-state index in [0.29, 0.717) is 17.3 Å². The third-order valence-corrected chi connectivity index (χ3v) is 3.96. The molecule has 2 heterocycles. The highest BCUT2D eigenvalue weighted by molar-refractivity contribution is 6.09. The van der Waals surface area contributed by atoms with Gasteiger partial charge in [0.1, 0.15) is 28.5 Å². The molecule has 1 aromatic carbocycles. The van der Waals surface area contributed by atoms with Crippen molar-refractivity contribution in [1.82, 2.24) is 9.97 Å². The summed E-state index contributed by atoms with van der Waals surface area (Å²) in [5.41, 5.74) is 7.03. The maximum Gasteiger partial charge on any atom is 0.342 e. The highest BCUT2D eigenvalue weighted by Gasteiger charge is 2.28. The summed E-state index contributed by atoms with van der Waals surface area (Å²) in [6.45, 7) is 5.15. The average Bonchev–Trinajstić information content (AvgIpc) is 2.98. The van der Waals surface area contributed by atoms with Crippen molar-refractivity contribution in [2.75, 3.05) is 11.9 Å². The fourth-order valence-corrected chi connectivity index (χ4v) is 2.82. The number of nitrogens with two attached hydrogens (primary N) is 1. The van der Waals surface area contributed by atoms with Crippen molar-refractivity contribution in [3.05, 3.63) is 59.1 Å². The van der Waals surface area contributed by atoms with E-state index in [1.165, 1.54) is 0 Å². The predicted octanol–water partition coefficient (Wildman–Crippen LogP) is 3.37. The van der Waals surface area contributed by atoms with E-state index in [-0.39, 0.29) is 29.4 Å². The summed E-state index contributed by atoms with van der Waals surface area (Å²) in [6, 6.07) is 11.3. The van der Waals surface area contributed by atoms with Crippen LogP contribution in [0.25, 0.3) is 11.3 Å². The largest absolute Gasteiger partial charge is 0.462 e. The molecule has 0 aliphatic carbocycles. The number of hydrogen-bond donors (Lipinski definition) is 2. The predicted molar refractivity (Wildman–Crippen MR) is 103 cm³/mol. The summed E-state index contributed by atoms with van der Waals surface area (Å²) in [6.07, 6.45) is 0. The number of nitrogens with one attached hydrogen (secondary N) is 1. The second-order valence-electron chi connectivity index (χ2n) is 6.00. The number of nitrogens with zero attached hydrogens (tertiary/aromatic N) is 2. The van der Waals surface area contributed by atoms with Crippen molar-refractivity contribution in [1.29, 1.82) is 0 Å². The first-order chi connectivity index (χ1) is 13.4. The minimum atomic E-state index is -0.809. The molecule has 3 N–H and O–H groups in total. The van der Waals surface area contributed by atoms with Gasteiger partial charge in [-0.05, 0) is 20.8 Å². The Kier molecular flexibility index (Phi) is 5.39. The average molecular weight is 380 g/mol. The fourth-order valence-electron chi connectivity index (χ4n) is 2.82. The number of carbonyl (C=O) groups excluding carboxylic acids is 2. The lowest BCUT2D eigenvalue weighted by molar-refractivity contribution is 0.0521. The number of aryl methyl sites for hydroxylation is 2. The molecule has 0 radical (unpaired) electrons. The SMILES string of the molecule is CCOC(=O)c1c(C)oc(Nc2cc(-c3ccccc3)nc(C)n2)c1C(N)=O. The van der Waals surface area contributed by atoms with E-state index in [0.717, 1.165) is 5.56 Å². The van der Waals surface area contributed by atoms with E-state index >= 15 is 0 Å². The molecule has 8 heteroatoms. The quantitative estimate of drug-likeness (QED) is 0.629. The van der Waals surface area contributed by atoms with Crippen LogP contribution in [0.3, 0.4) is 0 Å². The Morgan fingerprint density at radius 1 is 1.14 bits per heavy atom.